The number of ether oxygens (including phenoxy) is 1. The molecule has 0 saturated heterocycles. The predicted octanol–water partition coefficient (Wildman–Crippen LogP) is 4.07. The number of likely N-dealkylation sites (N-methyl/N-ethyl adjacent to an activating group) is 1. The number of hydrogen-bond acceptors (Lipinski definition) is 6. The van der Waals surface area contributed by atoms with Crippen molar-refractivity contribution in [3.63, 3.8) is 0 Å². The fourth-order valence-corrected chi connectivity index (χ4v) is 3.05. The van der Waals surface area contributed by atoms with Crippen LogP contribution in [0.2, 0.25) is 10.0 Å². The summed E-state index contributed by atoms with van der Waals surface area (Å²) in [6.45, 7) is 6.81. The van der Waals surface area contributed by atoms with Gasteiger partial charge in [0.05, 0.1) is 13.2 Å². The van der Waals surface area contributed by atoms with Gasteiger partial charge in [0.15, 0.2) is 5.82 Å². The smallest absolute Gasteiger partial charge is 0.328 e. The van der Waals surface area contributed by atoms with Crippen LogP contribution >= 0.6 is 23.2 Å². The first kappa shape index (κ1) is 19.7. The molecular formula is C17H21Cl2N3O3. The fraction of sp³-hybridized carbons (Fsp3) is 0.471. The first-order valence-electron chi connectivity index (χ1n) is 8.16. The number of carbonyl (C=O) groups excluding carboxylic acids is 1. The van der Waals surface area contributed by atoms with Gasteiger partial charge in [0.1, 0.15) is 6.04 Å². The van der Waals surface area contributed by atoms with Gasteiger partial charge in [-0.2, -0.15) is 4.98 Å². The Morgan fingerprint density at radius 1 is 1.24 bits per heavy atom. The van der Waals surface area contributed by atoms with Crippen LogP contribution in [0.4, 0.5) is 0 Å². The highest BCUT2D eigenvalue weighted by Gasteiger charge is 2.30. The van der Waals surface area contributed by atoms with Crippen LogP contribution in [0.15, 0.2) is 22.7 Å². The minimum absolute atomic E-state index is 0.279. The molecule has 1 heterocycles. The molecule has 0 saturated carbocycles. The average Bonchev–Trinajstić information content (AvgIpc) is 3.01. The first-order valence-corrected chi connectivity index (χ1v) is 8.92. The summed E-state index contributed by atoms with van der Waals surface area (Å²) < 4.78 is 10.5. The highest BCUT2D eigenvalue weighted by molar-refractivity contribution is 6.34. The first-order chi connectivity index (χ1) is 12.0. The molecule has 2 rings (SSSR count). The molecule has 0 aliphatic heterocycles. The Bertz CT molecular complexity index is 701. The molecule has 0 amide bonds. The summed E-state index contributed by atoms with van der Waals surface area (Å²) in [6, 6.07) is 4.38. The van der Waals surface area contributed by atoms with Gasteiger partial charge in [-0.1, -0.05) is 42.2 Å². The van der Waals surface area contributed by atoms with E-state index in [1.165, 1.54) is 0 Å². The van der Waals surface area contributed by atoms with Gasteiger partial charge in [-0.25, -0.2) is 4.79 Å². The van der Waals surface area contributed by atoms with Gasteiger partial charge < -0.3 is 9.26 Å². The molecule has 1 aromatic heterocycles. The maximum Gasteiger partial charge on any atom is 0.328 e. The average molecular weight is 386 g/mol. The normalized spacial score (nSPS) is 12.4. The lowest BCUT2D eigenvalue weighted by Crippen LogP contribution is -2.35. The van der Waals surface area contributed by atoms with Crippen LogP contribution in [0.1, 0.15) is 44.1 Å². The number of aryl methyl sites for hydroxylation is 1. The van der Waals surface area contributed by atoms with E-state index in [1.807, 2.05) is 18.7 Å². The van der Waals surface area contributed by atoms with Crippen molar-refractivity contribution < 1.29 is 14.1 Å². The van der Waals surface area contributed by atoms with Crippen molar-refractivity contribution >= 4 is 29.2 Å². The number of aromatic nitrogens is 2. The molecule has 0 unspecified atom stereocenters. The van der Waals surface area contributed by atoms with E-state index in [9.17, 15) is 4.79 Å². The molecule has 0 fully saturated rings. The van der Waals surface area contributed by atoms with Crippen molar-refractivity contribution in [1.29, 1.82) is 0 Å². The second kappa shape index (κ2) is 9.17. The molecular weight excluding hydrogens is 365 g/mol. The predicted molar refractivity (Wildman–Crippen MR) is 95.6 cm³/mol. The van der Waals surface area contributed by atoms with Crippen LogP contribution in [-0.2, 0) is 22.5 Å². The molecule has 1 atom stereocenters. The van der Waals surface area contributed by atoms with Crippen LogP contribution in [0.3, 0.4) is 0 Å². The van der Waals surface area contributed by atoms with Crippen molar-refractivity contribution in [3.8, 4) is 0 Å². The van der Waals surface area contributed by atoms with Crippen molar-refractivity contribution in [2.24, 2.45) is 0 Å². The van der Waals surface area contributed by atoms with Crippen LogP contribution in [0, 0.1) is 0 Å². The second-order valence-corrected chi connectivity index (χ2v) is 6.25. The number of esters is 1. The van der Waals surface area contributed by atoms with Crippen LogP contribution in [0.5, 0.6) is 0 Å². The summed E-state index contributed by atoms with van der Waals surface area (Å²) in [5.41, 5.74) is 0.660. The highest BCUT2D eigenvalue weighted by Crippen LogP contribution is 2.29. The third kappa shape index (κ3) is 5.17. The van der Waals surface area contributed by atoms with Crippen molar-refractivity contribution in [3.05, 3.63) is 45.5 Å². The summed E-state index contributed by atoms with van der Waals surface area (Å²) >= 11 is 12.2. The van der Waals surface area contributed by atoms with Crippen LogP contribution < -0.4 is 0 Å². The molecule has 0 spiro atoms. The molecule has 6 nitrogen and oxygen atoms in total. The zero-order valence-corrected chi connectivity index (χ0v) is 16.0. The molecule has 0 radical (unpaired) electrons. The van der Waals surface area contributed by atoms with Crippen LogP contribution in [0.25, 0.3) is 0 Å². The molecule has 2 aromatic rings. The molecule has 0 N–H and O–H groups in total. The maximum atomic E-state index is 12.6. The largest absolute Gasteiger partial charge is 0.465 e. The number of benzene rings is 1. The Labute approximate surface area is 157 Å². The van der Waals surface area contributed by atoms with E-state index in [1.54, 1.807) is 25.1 Å². The minimum atomic E-state index is -0.668. The van der Waals surface area contributed by atoms with Gasteiger partial charge in [-0.05, 0) is 37.2 Å². The van der Waals surface area contributed by atoms with Crippen molar-refractivity contribution in [2.45, 2.75) is 39.8 Å². The van der Waals surface area contributed by atoms with Crippen LogP contribution in [-0.4, -0.2) is 34.2 Å². The molecule has 0 aliphatic carbocycles. The number of rotatable bonds is 8. The molecule has 8 heteroatoms. The minimum Gasteiger partial charge on any atom is -0.465 e. The lowest BCUT2D eigenvalue weighted by Gasteiger charge is -2.28. The molecule has 0 aliphatic rings. The Kier molecular flexibility index (Phi) is 7.23. The third-order valence-electron chi connectivity index (χ3n) is 3.65. The van der Waals surface area contributed by atoms with E-state index in [0.29, 0.717) is 46.8 Å². The van der Waals surface area contributed by atoms with Crippen molar-refractivity contribution in [1.82, 2.24) is 15.0 Å². The summed E-state index contributed by atoms with van der Waals surface area (Å²) in [5.74, 6) is 0.698. The summed E-state index contributed by atoms with van der Waals surface area (Å²) in [5, 5.41) is 4.81. The standard InChI is InChI=1S/C17H21Cl2N3O3/c1-4-14-20-15(25-21-14)10-22(5-2)16(17(23)24-6-3)11-7-12(18)9-13(19)8-11/h7-9,16H,4-6,10H2,1-3H3/t16-/m1/s1. The zero-order chi connectivity index (χ0) is 18.4. The van der Waals surface area contributed by atoms with Gasteiger partial charge in [0.25, 0.3) is 0 Å². The summed E-state index contributed by atoms with van der Waals surface area (Å²) in [7, 11) is 0. The van der Waals surface area contributed by atoms with Crippen molar-refractivity contribution in [2.75, 3.05) is 13.2 Å². The quantitative estimate of drug-likeness (QED) is 0.638. The Morgan fingerprint density at radius 3 is 2.44 bits per heavy atom. The van der Waals surface area contributed by atoms with E-state index < -0.39 is 6.04 Å². The van der Waals surface area contributed by atoms with Gasteiger partial charge >= 0.3 is 5.97 Å². The zero-order valence-electron chi connectivity index (χ0n) is 14.5. The number of carbonyl (C=O) groups is 1. The Morgan fingerprint density at radius 2 is 1.92 bits per heavy atom. The lowest BCUT2D eigenvalue weighted by atomic mass is 10.1. The molecule has 0 bridgehead atoms. The van der Waals surface area contributed by atoms with Gasteiger partial charge in [0.2, 0.25) is 5.89 Å². The monoisotopic (exact) mass is 385 g/mol. The number of hydrogen-bond donors (Lipinski definition) is 0. The van der Waals surface area contributed by atoms with E-state index in [0.717, 1.165) is 0 Å². The van der Waals surface area contributed by atoms with E-state index >= 15 is 0 Å². The molecule has 136 valence electrons. The van der Waals surface area contributed by atoms with Gasteiger partial charge in [-0.15, -0.1) is 0 Å². The SMILES string of the molecule is CCOC(=O)[C@@H](c1cc(Cl)cc(Cl)c1)N(CC)Cc1nc(CC)no1. The van der Waals surface area contributed by atoms with E-state index in [4.69, 9.17) is 32.5 Å². The highest BCUT2D eigenvalue weighted by atomic mass is 35.5. The maximum absolute atomic E-state index is 12.6. The number of nitrogens with zero attached hydrogens (tertiary/aromatic N) is 3. The molecule has 25 heavy (non-hydrogen) atoms. The fourth-order valence-electron chi connectivity index (χ4n) is 2.51. The summed E-state index contributed by atoms with van der Waals surface area (Å²) in [6.07, 6.45) is 0.681. The van der Waals surface area contributed by atoms with E-state index in [2.05, 4.69) is 10.1 Å². The van der Waals surface area contributed by atoms with E-state index in [-0.39, 0.29) is 12.6 Å². The van der Waals surface area contributed by atoms with Gasteiger partial charge in [0, 0.05) is 16.5 Å². The van der Waals surface area contributed by atoms with Gasteiger partial charge in [-0.3, -0.25) is 4.90 Å². The Hall–Kier alpha value is -1.63. The Balaban J connectivity index is 2.35. The second-order valence-electron chi connectivity index (χ2n) is 5.38. The topological polar surface area (TPSA) is 68.5 Å². The molecule has 1 aromatic carbocycles. The summed E-state index contributed by atoms with van der Waals surface area (Å²) in [4.78, 5) is 18.8. The third-order valence-corrected chi connectivity index (χ3v) is 4.08. The lowest BCUT2D eigenvalue weighted by molar-refractivity contribution is -0.150. The number of halogens is 2.